The maximum atomic E-state index is 11.3. The first kappa shape index (κ1) is 10.7. The van der Waals surface area contributed by atoms with Gasteiger partial charge in [0.05, 0.1) is 5.56 Å². The van der Waals surface area contributed by atoms with E-state index in [1.165, 1.54) is 6.92 Å². The Balaban J connectivity index is 2.57. The highest BCUT2D eigenvalue weighted by atomic mass is 35.5. The number of halogens is 1. The van der Waals surface area contributed by atoms with Gasteiger partial charge in [-0.15, -0.1) is 0 Å². The van der Waals surface area contributed by atoms with Crippen LogP contribution in [0.25, 0.3) is 11.5 Å². The summed E-state index contributed by atoms with van der Waals surface area (Å²) in [7, 11) is 0. The predicted molar refractivity (Wildman–Crippen MR) is 59.6 cm³/mol. The molecule has 1 aromatic carbocycles. The lowest BCUT2D eigenvalue weighted by molar-refractivity contribution is 0.414. The van der Waals surface area contributed by atoms with Crippen molar-refractivity contribution >= 4 is 11.6 Å². The SMILES string of the molecule is Cc1c(O)nc(-c2ccc(Cl)cc2)oc1=O. The minimum atomic E-state index is -0.600. The molecule has 0 radical (unpaired) electrons. The predicted octanol–water partition coefficient (Wildman–Crippen LogP) is 2.37. The first-order valence-electron chi connectivity index (χ1n) is 4.54. The monoisotopic (exact) mass is 237 g/mol. The quantitative estimate of drug-likeness (QED) is 0.827. The molecule has 2 aromatic rings. The van der Waals surface area contributed by atoms with Gasteiger partial charge in [-0.2, -0.15) is 4.98 Å². The summed E-state index contributed by atoms with van der Waals surface area (Å²) in [4.78, 5) is 15.1. The van der Waals surface area contributed by atoms with E-state index in [1.807, 2.05) is 0 Å². The van der Waals surface area contributed by atoms with Gasteiger partial charge in [-0.1, -0.05) is 11.6 Å². The van der Waals surface area contributed by atoms with Gasteiger partial charge in [-0.3, -0.25) is 0 Å². The minimum Gasteiger partial charge on any atom is -0.493 e. The molecule has 0 unspecified atom stereocenters. The van der Waals surface area contributed by atoms with Crippen LogP contribution in [0, 0.1) is 6.92 Å². The van der Waals surface area contributed by atoms with Gasteiger partial charge in [0.1, 0.15) is 0 Å². The van der Waals surface area contributed by atoms with E-state index in [0.717, 1.165) is 0 Å². The molecule has 16 heavy (non-hydrogen) atoms. The second-order valence-electron chi connectivity index (χ2n) is 3.26. The van der Waals surface area contributed by atoms with Crippen LogP contribution in [-0.2, 0) is 0 Å². The first-order chi connectivity index (χ1) is 7.58. The highest BCUT2D eigenvalue weighted by molar-refractivity contribution is 6.30. The van der Waals surface area contributed by atoms with Gasteiger partial charge in [0.2, 0.25) is 11.8 Å². The average Bonchev–Trinajstić information content (AvgIpc) is 2.26. The summed E-state index contributed by atoms with van der Waals surface area (Å²) in [5.41, 5.74) is 0.0759. The van der Waals surface area contributed by atoms with Crippen LogP contribution >= 0.6 is 11.6 Å². The molecule has 1 N–H and O–H groups in total. The maximum absolute atomic E-state index is 11.3. The molecule has 0 aliphatic carbocycles. The number of rotatable bonds is 1. The molecule has 2 rings (SSSR count). The average molecular weight is 238 g/mol. The lowest BCUT2D eigenvalue weighted by atomic mass is 10.2. The molecule has 1 heterocycles. The zero-order valence-corrected chi connectivity index (χ0v) is 9.15. The highest BCUT2D eigenvalue weighted by Crippen LogP contribution is 2.21. The van der Waals surface area contributed by atoms with Crippen LogP contribution in [0.15, 0.2) is 33.5 Å². The number of aromatic hydroxyl groups is 1. The molecular weight excluding hydrogens is 230 g/mol. The Bertz CT molecular complexity index is 575. The molecule has 0 fully saturated rings. The molecule has 5 heteroatoms. The largest absolute Gasteiger partial charge is 0.493 e. The fourth-order valence-corrected chi connectivity index (χ4v) is 1.30. The van der Waals surface area contributed by atoms with Gasteiger partial charge < -0.3 is 9.52 Å². The molecule has 0 saturated heterocycles. The Hall–Kier alpha value is -1.81. The fourth-order valence-electron chi connectivity index (χ4n) is 1.17. The van der Waals surface area contributed by atoms with E-state index in [9.17, 15) is 9.90 Å². The van der Waals surface area contributed by atoms with Crippen LogP contribution in [0.4, 0.5) is 0 Å². The Morgan fingerprint density at radius 2 is 1.94 bits per heavy atom. The molecule has 0 bridgehead atoms. The van der Waals surface area contributed by atoms with Crippen LogP contribution in [0.1, 0.15) is 5.56 Å². The molecule has 0 saturated carbocycles. The fraction of sp³-hybridized carbons (Fsp3) is 0.0909. The Labute approximate surface area is 96.1 Å². The summed E-state index contributed by atoms with van der Waals surface area (Å²) in [6.45, 7) is 1.44. The Morgan fingerprint density at radius 3 is 2.50 bits per heavy atom. The summed E-state index contributed by atoms with van der Waals surface area (Å²) < 4.78 is 4.95. The number of hydrogen-bond donors (Lipinski definition) is 1. The van der Waals surface area contributed by atoms with Gasteiger partial charge in [0.25, 0.3) is 0 Å². The van der Waals surface area contributed by atoms with Crippen molar-refractivity contribution in [2.75, 3.05) is 0 Å². The molecule has 4 nitrogen and oxygen atoms in total. The normalized spacial score (nSPS) is 10.4. The van der Waals surface area contributed by atoms with E-state index in [4.69, 9.17) is 16.0 Å². The zero-order chi connectivity index (χ0) is 11.7. The summed E-state index contributed by atoms with van der Waals surface area (Å²) >= 11 is 5.72. The van der Waals surface area contributed by atoms with Gasteiger partial charge in [-0.05, 0) is 31.2 Å². The molecule has 0 aliphatic rings. The molecule has 82 valence electrons. The van der Waals surface area contributed by atoms with Crippen LogP contribution in [0.3, 0.4) is 0 Å². The first-order valence-corrected chi connectivity index (χ1v) is 4.92. The van der Waals surface area contributed by atoms with E-state index >= 15 is 0 Å². The summed E-state index contributed by atoms with van der Waals surface area (Å²) in [5, 5.41) is 9.97. The van der Waals surface area contributed by atoms with Crippen LogP contribution < -0.4 is 5.63 Å². The van der Waals surface area contributed by atoms with E-state index in [0.29, 0.717) is 10.6 Å². The van der Waals surface area contributed by atoms with Crippen molar-refractivity contribution in [3.05, 3.63) is 45.3 Å². The molecular formula is C11H8ClNO3. The van der Waals surface area contributed by atoms with E-state index in [1.54, 1.807) is 24.3 Å². The van der Waals surface area contributed by atoms with Gasteiger partial charge in [0.15, 0.2) is 0 Å². The van der Waals surface area contributed by atoms with Crippen LogP contribution in [0.2, 0.25) is 5.02 Å². The van der Waals surface area contributed by atoms with Crippen molar-refractivity contribution in [2.45, 2.75) is 6.92 Å². The van der Waals surface area contributed by atoms with Crippen molar-refractivity contribution in [3.8, 4) is 17.3 Å². The number of hydrogen-bond acceptors (Lipinski definition) is 4. The molecule has 0 amide bonds. The van der Waals surface area contributed by atoms with E-state index in [2.05, 4.69) is 4.98 Å². The number of nitrogens with zero attached hydrogens (tertiary/aromatic N) is 1. The second kappa shape index (κ2) is 3.98. The van der Waals surface area contributed by atoms with E-state index < -0.39 is 5.63 Å². The highest BCUT2D eigenvalue weighted by Gasteiger charge is 2.09. The van der Waals surface area contributed by atoms with Crippen LogP contribution in [0.5, 0.6) is 5.88 Å². The standard InChI is InChI=1S/C11H8ClNO3/c1-6-9(14)13-10(16-11(6)15)7-2-4-8(12)5-3-7/h2-5,14H,1H3. The third kappa shape index (κ3) is 1.92. The second-order valence-corrected chi connectivity index (χ2v) is 3.70. The Morgan fingerprint density at radius 1 is 1.31 bits per heavy atom. The molecule has 0 atom stereocenters. The van der Waals surface area contributed by atoms with Crippen LogP contribution in [-0.4, -0.2) is 10.1 Å². The Kier molecular flexibility index (Phi) is 2.66. The van der Waals surface area contributed by atoms with Crippen molar-refractivity contribution in [1.82, 2.24) is 4.98 Å². The number of benzene rings is 1. The van der Waals surface area contributed by atoms with Gasteiger partial charge in [-0.25, -0.2) is 4.79 Å². The maximum Gasteiger partial charge on any atom is 0.345 e. The van der Waals surface area contributed by atoms with Crippen molar-refractivity contribution in [3.63, 3.8) is 0 Å². The van der Waals surface area contributed by atoms with Crippen molar-refractivity contribution in [2.24, 2.45) is 0 Å². The smallest absolute Gasteiger partial charge is 0.345 e. The van der Waals surface area contributed by atoms with Gasteiger partial charge in [0, 0.05) is 10.6 Å². The lowest BCUT2D eigenvalue weighted by Crippen LogP contribution is -2.05. The number of aromatic nitrogens is 1. The van der Waals surface area contributed by atoms with Gasteiger partial charge >= 0.3 is 5.63 Å². The van der Waals surface area contributed by atoms with Crippen molar-refractivity contribution < 1.29 is 9.52 Å². The lowest BCUT2D eigenvalue weighted by Gasteiger charge is -2.01. The topological polar surface area (TPSA) is 63.3 Å². The summed E-state index contributed by atoms with van der Waals surface area (Å²) in [6, 6.07) is 6.61. The third-order valence-corrected chi connectivity index (χ3v) is 2.38. The summed E-state index contributed by atoms with van der Waals surface area (Å²) in [5.74, 6) is -0.244. The molecule has 0 spiro atoms. The molecule has 0 aliphatic heterocycles. The van der Waals surface area contributed by atoms with E-state index in [-0.39, 0.29) is 17.3 Å². The summed E-state index contributed by atoms with van der Waals surface area (Å²) in [6.07, 6.45) is 0. The zero-order valence-electron chi connectivity index (χ0n) is 8.40. The van der Waals surface area contributed by atoms with Crippen molar-refractivity contribution in [1.29, 1.82) is 0 Å². The third-order valence-electron chi connectivity index (χ3n) is 2.13. The minimum absolute atomic E-state index is 0.0739. The molecule has 1 aromatic heterocycles.